The van der Waals surface area contributed by atoms with Crippen LogP contribution in [-0.2, 0) is 18.0 Å². The van der Waals surface area contributed by atoms with Crippen LogP contribution in [0.5, 0.6) is 0 Å². The normalized spacial score (nSPS) is 11.2. The van der Waals surface area contributed by atoms with Gasteiger partial charge in [0.15, 0.2) is 5.16 Å². The number of hydrogen-bond donors (Lipinski definition) is 2. The molecule has 0 aliphatic heterocycles. The molecular weight excluding hydrogens is 419 g/mol. The van der Waals surface area contributed by atoms with E-state index < -0.39 is 17.6 Å². The molecule has 0 saturated heterocycles. The number of nitrogens with one attached hydrogen (secondary N) is 2. The van der Waals surface area contributed by atoms with Crippen molar-refractivity contribution < 1.29 is 22.8 Å². The average Bonchev–Trinajstić information content (AvgIpc) is 3.11. The van der Waals surface area contributed by atoms with Crippen molar-refractivity contribution in [2.45, 2.75) is 11.3 Å². The minimum absolute atomic E-state index is 0.106. The fourth-order valence-electron chi connectivity index (χ4n) is 2.41. The van der Waals surface area contributed by atoms with Gasteiger partial charge in [0.05, 0.1) is 11.3 Å². The second-order valence-electron chi connectivity index (χ2n) is 6.17. The van der Waals surface area contributed by atoms with Crippen LogP contribution in [-0.4, -0.2) is 32.3 Å². The summed E-state index contributed by atoms with van der Waals surface area (Å²) in [4.78, 5) is 24.5. The summed E-state index contributed by atoms with van der Waals surface area (Å²) in [5.41, 5.74) is 0.0826. The number of thioether (sulfide) groups is 1. The van der Waals surface area contributed by atoms with Gasteiger partial charge in [-0.3, -0.25) is 9.59 Å². The summed E-state index contributed by atoms with van der Waals surface area (Å²) in [6.07, 6.45) is -2.92. The molecule has 0 fully saturated rings. The molecular formula is C19H16F3N5O2S. The van der Waals surface area contributed by atoms with Gasteiger partial charge in [0, 0.05) is 24.0 Å². The van der Waals surface area contributed by atoms with Gasteiger partial charge in [-0.15, -0.1) is 10.2 Å². The largest absolute Gasteiger partial charge is 0.416 e. The maximum Gasteiger partial charge on any atom is 0.416 e. The number of benzene rings is 2. The first-order valence-corrected chi connectivity index (χ1v) is 9.56. The summed E-state index contributed by atoms with van der Waals surface area (Å²) in [5.74, 6) is -0.697. The van der Waals surface area contributed by atoms with Gasteiger partial charge < -0.3 is 15.2 Å². The number of carbonyl (C=O) groups is 2. The van der Waals surface area contributed by atoms with E-state index in [4.69, 9.17) is 0 Å². The summed E-state index contributed by atoms with van der Waals surface area (Å²) in [5, 5.41) is 13.4. The molecule has 0 radical (unpaired) electrons. The first kappa shape index (κ1) is 21.4. The summed E-state index contributed by atoms with van der Waals surface area (Å²) >= 11 is 1.21. The SMILES string of the molecule is Cn1cnnc1SCC(=O)Nc1cccc(C(=O)Nc2ccc(C(F)(F)F)cc2)c1. The zero-order valence-electron chi connectivity index (χ0n) is 15.6. The summed E-state index contributed by atoms with van der Waals surface area (Å²) in [6.45, 7) is 0. The summed E-state index contributed by atoms with van der Waals surface area (Å²) in [7, 11) is 1.76. The lowest BCUT2D eigenvalue weighted by Crippen LogP contribution is -2.16. The predicted octanol–water partition coefficient (Wildman–Crippen LogP) is 3.82. The molecule has 3 rings (SSSR count). The van der Waals surface area contributed by atoms with E-state index in [-0.39, 0.29) is 22.9 Å². The Balaban J connectivity index is 1.59. The molecule has 0 bridgehead atoms. The smallest absolute Gasteiger partial charge is 0.325 e. The van der Waals surface area contributed by atoms with E-state index in [2.05, 4.69) is 20.8 Å². The molecule has 0 saturated carbocycles. The third-order valence-electron chi connectivity index (χ3n) is 3.88. The molecule has 0 aliphatic carbocycles. The van der Waals surface area contributed by atoms with Crippen LogP contribution in [0.15, 0.2) is 60.0 Å². The van der Waals surface area contributed by atoms with Gasteiger partial charge in [-0.2, -0.15) is 13.2 Å². The van der Waals surface area contributed by atoms with Crippen LogP contribution in [0.1, 0.15) is 15.9 Å². The standard InChI is InChI=1S/C19H16F3N5O2S/c1-27-11-23-26-18(27)30-10-16(28)24-15-4-2-3-12(9-15)17(29)25-14-7-5-13(6-8-14)19(20,21)22/h2-9,11H,10H2,1H3,(H,24,28)(H,25,29). The zero-order chi connectivity index (χ0) is 21.7. The maximum absolute atomic E-state index is 12.6. The molecule has 1 heterocycles. The Hall–Kier alpha value is -3.34. The highest BCUT2D eigenvalue weighted by molar-refractivity contribution is 7.99. The van der Waals surface area contributed by atoms with Crippen molar-refractivity contribution in [2.75, 3.05) is 16.4 Å². The molecule has 7 nitrogen and oxygen atoms in total. The lowest BCUT2D eigenvalue weighted by atomic mass is 10.1. The molecule has 1 aromatic heterocycles. The van der Waals surface area contributed by atoms with Gasteiger partial charge in [-0.1, -0.05) is 17.8 Å². The zero-order valence-corrected chi connectivity index (χ0v) is 16.4. The number of halogens is 3. The van der Waals surface area contributed by atoms with E-state index in [9.17, 15) is 22.8 Å². The molecule has 0 aliphatic rings. The Labute approximate surface area is 173 Å². The van der Waals surface area contributed by atoms with Crippen molar-refractivity contribution in [2.24, 2.45) is 7.05 Å². The van der Waals surface area contributed by atoms with Gasteiger partial charge >= 0.3 is 6.18 Å². The number of rotatable bonds is 6. The average molecular weight is 435 g/mol. The number of aryl methyl sites for hydroxylation is 1. The fourth-order valence-corrected chi connectivity index (χ4v) is 3.10. The van der Waals surface area contributed by atoms with Crippen LogP contribution in [0, 0.1) is 0 Å². The van der Waals surface area contributed by atoms with Gasteiger partial charge in [0.1, 0.15) is 6.33 Å². The van der Waals surface area contributed by atoms with E-state index in [1.54, 1.807) is 23.7 Å². The topological polar surface area (TPSA) is 88.9 Å². The first-order chi connectivity index (χ1) is 14.2. The lowest BCUT2D eigenvalue weighted by Gasteiger charge is -2.10. The van der Waals surface area contributed by atoms with Gasteiger partial charge in [-0.25, -0.2) is 0 Å². The Morgan fingerprint density at radius 3 is 2.43 bits per heavy atom. The minimum atomic E-state index is -4.44. The number of carbonyl (C=O) groups excluding carboxylic acids is 2. The van der Waals surface area contributed by atoms with Crippen LogP contribution in [0.2, 0.25) is 0 Å². The predicted molar refractivity (Wildman–Crippen MR) is 106 cm³/mol. The van der Waals surface area contributed by atoms with Gasteiger partial charge in [-0.05, 0) is 42.5 Å². The highest BCUT2D eigenvalue weighted by Crippen LogP contribution is 2.30. The van der Waals surface area contributed by atoms with Crippen LogP contribution >= 0.6 is 11.8 Å². The molecule has 3 aromatic rings. The summed E-state index contributed by atoms with van der Waals surface area (Å²) in [6, 6.07) is 10.4. The molecule has 2 N–H and O–H groups in total. The maximum atomic E-state index is 12.6. The Morgan fingerprint density at radius 2 is 1.80 bits per heavy atom. The number of anilines is 2. The van der Waals surface area contributed by atoms with Crippen molar-refractivity contribution in [3.05, 3.63) is 66.0 Å². The molecule has 0 unspecified atom stereocenters. The van der Waals surface area contributed by atoms with Crippen LogP contribution in [0.3, 0.4) is 0 Å². The third-order valence-corrected chi connectivity index (χ3v) is 4.92. The number of amides is 2. The highest BCUT2D eigenvalue weighted by atomic mass is 32.2. The molecule has 0 spiro atoms. The van der Waals surface area contributed by atoms with E-state index in [0.717, 1.165) is 12.1 Å². The van der Waals surface area contributed by atoms with Crippen molar-refractivity contribution in [1.29, 1.82) is 0 Å². The molecule has 156 valence electrons. The number of alkyl halides is 3. The van der Waals surface area contributed by atoms with Gasteiger partial charge in [0.2, 0.25) is 5.91 Å². The second kappa shape index (κ2) is 8.99. The lowest BCUT2D eigenvalue weighted by molar-refractivity contribution is -0.137. The summed E-state index contributed by atoms with van der Waals surface area (Å²) < 4.78 is 39.5. The van der Waals surface area contributed by atoms with E-state index in [0.29, 0.717) is 10.8 Å². The molecule has 2 aromatic carbocycles. The Kier molecular flexibility index (Phi) is 6.40. The van der Waals surface area contributed by atoms with Crippen LogP contribution < -0.4 is 10.6 Å². The van der Waals surface area contributed by atoms with Crippen LogP contribution in [0.25, 0.3) is 0 Å². The number of hydrogen-bond acceptors (Lipinski definition) is 5. The first-order valence-electron chi connectivity index (χ1n) is 8.58. The van der Waals surface area contributed by atoms with Crippen molar-refractivity contribution in [1.82, 2.24) is 14.8 Å². The molecule has 30 heavy (non-hydrogen) atoms. The van der Waals surface area contributed by atoms with Crippen LogP contribution in [0.4, 0.5) is 24.5 Å². The third kappa shape index (κ3) is 5.60. The fraction of sp³-hybridized carbons (Fsp3) is 0.158. The second-order valence-corrected chi connectivity index (χ2v) is 7.11. The van der Waals surface area contributed by atoms with Crippen molar-refractivity contribution in [3.8, 4) is 0 Å². The quantitative estimate of drug-likeness (QED) is 0.575. The Bertz CT molecular complexity index is 1050. The number of aromatic nitrogens is 3. The number of nitrogens with zero attached hydrogens (tertiary/aromatic N) is 3. The minimum Gasteiger partial charge on any atom is -0.325 e. The van der Waals surface area contributed by atoms with E-state index in [1.807, 2.05) is 0 Å². The van der Waals surface area contributed by atoms with Crippen molar-refractivity contribution >= 4 is 35.0 Å². The van der Waals surface area contributed by atoms with E-state index in [1.165, 1.54) is 42.4 Å². The monoisotopic (exact) mass is 435 g/mol. The molecule has 0 atom stereocenters. The van der Waals surface area contributed by atoms with Gasteiger partial charge in [0.25, 0.3) is 5.91 Å². The molecule has 2 amide bonds. The highest BCUT2D eigenvalue weighted by Gasteiger charge is 2.30. The van der Waals surface area contributed by atoms with E-state index >= 15 is 0 Å². The van der Waals surface area contributed by atoms with Crippen molar-refractivity contribution in [3.63, 3.8) is 0 Å². The molecule has 11 heteroatoms. The Morgan fingerprint density at radius 1 is 1.07 bits per heavy atom.